The maximum absolute atomic E-state index is 12.1. The number of nitrogens with zero attached hydrogens (tertiary/aromatic N) is 2. The molecule has 1 atom stereocenters. The van der Waals surface area contributed by atoms with Crippen LogP contribution in [0.25, 0.3) is 10.2 Å². The van der Waals surface area contributed by atoms with E-state index in [0.29, 0.717) is 10.2 Å². The molecule has 114 valence electrons. The summed E-state index contributed by atoms with van der Waals surface area (Å²) in [6.07, 6.45) is 0.208. The van der Waals surface area contributed by atoms with Gasteiger partial charge in [0.15, 0.2) is 5.13 Å². The van der Waals surface area contributed by atoms with Gasteiger partial charge in [-0.25, -0.2) is 9.97 Å². The Morgan fingerprint density at radius 1 is 1.45 bits per heavy atom. The van der Waals surface area contributed by atoms with E-state index in [1.165, 1.54) is 22.7 Å². The molecule has 2 aromatic heterocycles. The van der Waals surface area contributed by atoms with E-state index in [1.54, 1.807) is 6.07 Å². The number of aromatic nitrogens is 2. The molecule has 2 heterocycles. The maximum atomic E-state index is 12.1. The first kappa shape index (κ1) is 15.4. The monoisotopic (exact) mass is 352 g/mol. The van der Waals surface area contributed by atoms with Crippen LogP contribution < -0.4 is 11.1 Å². The van der Waals surface area contributed by atoms with Crippen molar-refractivity contribution in [2.75, 3.05) is 5.32 Å². The molecule has 0 fully saturated rings. The fourth-order valence-electron chi connectivity index (χ4n) is 1.89. The number of carbonyl (C=O) groups is 1. The number of halogens is 1. The van der Waals surface area contributed by atoms with Gasteiger partial charge >= 0.3 is 0 Å². The molecule has 3 rings (SSSR count). The Morgan fingerprint density at radius 2 is 2.27 bits per heavy atom. The third-order valence-corrected chi connectivity index (χ3v) is 5.16. The summed E-state index contributed by atoms with van der Waals surface area (Å²) in [6.45, 7) is 1.87. The Morgan fingerprint density at radius 3 is 3.00 bits per heavy atom. The second-order valence-electron chi connectivity index (χ2n) is 4.82. The largest absolute Gasteiger partial charge is 0.322 e. The number of rotatable bonds is 4. The molecule has 1 amide bonds. The Kier molecular flexibility index (Phi) is 4.39. The topological polar surface area (TPSA) is 80.9 Å². The van der Waals surface area contributed by atoms with E-state index < -0.39 is 0 Å². The molecule has 0 saturated heterocycles. The Balaban J connectivity index is 1.69. The molecule has 0 aliphatic carbocycles. The number of nitrogens with two attached hydrogens (primary N) is 1. The number of hydrogen-bond donors (Lipinski definition) is 2. The van der Waals surface area contributed by atoms with Crippen LogP contribution >= 0.6 is 34.3 Å². The van der Waals surface area contributed by atoms with Crippen LogP contribution in [0.4, 0.5) is 5.13 Å². The van der Waals surface area contributed by atoms with Gasteiger partial charge in [0.05, 0.1) is 28.4 Å². The third-order valence-electron chi connectivity index (χ3n) is 2.90. The lowest BCUT2D eigenvalue weighted by molar-refractivity contribution is -0.115. The number of amides is 1. The molecule has 0 radical (unpaired) electrons. The summed E-state index contributed by atoms with van der Waals surface area (Å²) >= 11 is 8.81. The highest BCUT2D eigenvalue weighted by molar-refractivity contribution is 7.22. The summed E-state index contributed by atoms with van der Waals surface area (Å²) in [7, 11) is 0. The van der Waals surface area contributed by atoms with Crippen molar-refractivity contribution >= 4 is 55.5 Å². The van der Waals surface area contributed by atoms with Crippen LogP contribution in [-0.4, -0.2) is 15.9 Å². The number of carbonyl (C=O) groups excluding carboxylic acids is 1. The van der Waals surface area contributed by atoms with Crippen LogP contribution in [0, 0.1) is 0 Å². The maximum Gasteiger partial charge on any atom is 0.232 e. The first-order chi connectivity index (χ1) is 10.5. The van der Waals surface area contributed by atoms with Gasteiger partial charge < -0.3 is 11.1 Å². The molecule has 1 aromatic carbocycles. The van der Waals surface area contributed by atoms with Crippen LogP contribution in [0.2, 0.25) is 5.02 Å². The van der Waals surface area contributed by atoms with Crippen molar-refractivity contribution in [3.63, 3.8) is 0 Å². The molecule has 0 spiro atoms. The second kappa shape index (κ2) is 6.29. The summed E-state index contributed by atoms with van der Waals surface area (Å²) < 4.78 is 0.940. The van der Waals surface area contributed by atoms with Crippen molar-refractivity contribution in [3.05, 3.63) is 39.3 Å². The average Bonchev–Trinajstić information content (AvgIpc) is 3.04. The van der Waals surface area contributed by atoms with E-state index >= 15 is 0 Å². The quantitative estimate of drug-likeness (QED) is 0.751. The van der Waals surface area contributed by atoms with E-state index in [0.717, 1.165) is 20.9 Å². The van der Waals surface area contributed by atoms with Crippen LogP contribution in [0.5, 0.6) is 0 Å². The normalized spacial score (nSPS) is 12.5. The predicted molar refractivity (Wildman–Crippen MR) is 91.7 cm³/mol. The second-order valence-corrected chi connectivity index (χ2v) is 7.18. The number of nitrogens with one attached hydrogen (secondary N) is 1. The van der Waals surface area contributed by atoms with E-state index in [1.807, 2.05) is 24.4 Å². The standard InChI is InChI=1S/C14H13ClN4OS2/c1-7(16)13-17-9(6-21-13)5-12(20)19-14-18-10-3-2-8(15)4-11(10)22-14/h2-4,6-7H,5,16H2,1H3,(H,18,19,20). The third kappa shape index (κ3) is 3.44. The van der Waals surface area contributed by atoms with Crippen LogP contribution in [0.15, 0.2) is 23.6 Å². The first-order valence-corrected chi connectivity index (χ1v) is 8.64. The highest BCUT2D eigenvalue weighted by Gasteiger charge is 2.12. The number of hydrogen-bond acceptors (Lipinski definition) is 6. The van der Waals surface area contributed by atoms with Gasteiger partial charge in [-0.05, 0) is 25.1 Å². The van der Waals surface area contributed by atoms with Gasteiger partial charge in [0.2, 0.25) is 5.91 Å². The van der Waals surface area contributed by atoms with Crippen molar-refractivity contribution in [1.29, 1.82) is 0 Å². The summed E-state index contributed by atoms with van der Waals surface area (Å²) in [6, 6.07) is 5.33. The Labute approximate surface area is 140 Å². The molecular formula is C14H13ClN4OS2. The molecule has 3 N–H and O–H groups in total. The highest BCUT2D eigenvalue weighted by Crippen LogP contribution is 2.28. The minimum Gasteiger partial charge on any atom is -0.322 e. The lowest BCUT2D eigenvalue weighted by Gasteiger charge is -1.99. The Hall–Kier alpha value is -1.54. The molecule has 22 heavy (non-hydrogen) atoms. The number of anilines is 1. The Bertz CT molecular complexity index is 827. The zero-order valence-electron chi connectivity index (χ0n) is 11.7. The minimum absolute atomic E-state index is 0.115. The van der Waals surface area contributed by atoms with Crippen molar-refractivity contribution in [3.8, 4) is 0 Å². The zero-order chi connectivity index (χ0) is 15.7. The molecule has 0 saturated carbocycles. The fraction of sp³-hybridized carbons (Fsp3) is 0.214. The smallest absolute Gasteiger partial charge is 0.232 e. The van der Waals surface area contributed by atoms with Crippen molar-refractivity contribution in [2.45, 2.75) is 19.4 Å². The molecule has 0 aliphatic rings. The van der Waals surface area contributed by atoms with Gasteiger partial charge in [-0.1, -0.05) is 22.9 Å². The summed E-state index contributed by atoms with van der Waals surface area (Å²) in [5, 5.41) is 6.70. The number of thiazole rings is 2. The molecule has 0 bridgehead atoms. The van der Waals surface area contributed by atoms with Gasteiger partial charge in [-0.15, -0.1) is 11.3 Å². The van der Waals surface area contributed by atoms with E-state index in [2.05, 4.69) is 15.3 Å². The van der Waals surface area contributed by atoms with Crippen molar-refractivity contribution < 1.29 is 4.79 Å². The van der Waals surface area contributed by atoms with Crippen LogP contribution in [0.1, 0.15) is 23.7 Å². The molecule has 1 unspecified atom stereocenters. The lowest BCUT2D eigenvalue weighted by Crippen LogP contribution is -2.14. The lowest BCUT2D eigenvalue weighted by atomic mass is 10.3. The number of benzene rings is 1. The van der Waals surface area contributed by atoms with Crippen molar-refractivity contribution in [2.24, 2.45) is 5.73 Å². The first-order valence-electron chi connectivity index (χ1n) is 6.57. The van der Waals surface area contributed by atoms with Gasteiger partial charge in [0, 0.05) is 10.4 Å². The van der Waals surface area contributed by atoms with Gasteiger partial charge in [-0.3, -0.25) is 4.79 Å². The van der Waals surface area contributed by atoms with Crippen molar-refractivity contribution in [1.82, 2.24) is 9.97 Å². The molecule has 8 heteroatoms. The SMILES string of the molecule is CC(N)c1nc(CC(=O)Nc2nc3ccc(Cl)cc3s2)cs1. The van der Waals surface area contributed by atoms with Crippen LogP contribution in [-0.2, 0) is 11.2 Å². The molecule has 5 nitrogen and oxygen atoms in total. The highest BCUT2D eigenvalue weighted by atomic mass is 35.5. The zero-order valence-corrected chi connectivity index (χ0v) is 14.1. The minimum atomic E-state index is -0.147. The molecule has 0 aliphatic heterocycles. The van der Waals surface area contributed by atoms with E-state index in [4.69, 9.17) is 17.3 Å². The van der Waals surface area contributed by atoms with Gasteiger partial charge in [-0.2, -0.15) is 0 Å². The number of fused-ring (bicyclic) bond motifs is 1. The van der Waals surface area contributed by atoms with Gasteiger partial charge in [0.1, 0.15) is 5.01 Å². The summed E-state index contributed by atoms with van der Waals surface area (Å²) in [5.74, 6) is -0.147. The fourth-order valence-corrected chi connectivity index (χ4v) is 3.83. The summed E-state index contributed by atoms with van der Waals surface area (Å²) in [5.41, 5.74) is 7.30. The van der Waals surface area contributed by atoms with Crippen LogP contribution in [0.3, 0.4) is 0 Å². The predicted octanol–water partition coefficient (Wildman–Crippen LogP) is 3.61. The van der Waals surface area contributed by atoms with E-state index in [-0.39, 0.29) is 18.4 Å². The average molecular weight is 353 g/mol. The summed E-state index contributed by atoms with van der Waals surface area (Å²) in [4.78, 5) is 20.8. The van der Waals surface area contributed by atoms with E-state index in [9.17, 15) is 4.79 Å². The molecule has 3 aromatic rings. The molecular weight excluding hydrogens is 340 g/mol. The van der Waals surface area contributed by atoms with Gasteiger partial charge in [0.25, 0.3) is 0 Å².